The van der Waals surface area contributed by atoms with Crippen LogP contribution in [0.15, 0.2) is 122 Å². The van der Waals surface area contributed by atoms with Crippen LogP contribution in [0.1, 0.15) is 0 Å². The first kappa shape index (κ1) is 16.3. The summed E-state index contributed by atoms with van der Waals surface area (Å²) in [4.78, 5) is 0. The molecule has 1 heteroatoms. The van der Waals surface area contributed by atoms with Crippen molar-refractivity contribution >= 4 is 0 Å². The number of hydrogen-bond donors (Lipinski definition) is 0. The molecule has 5 aliphatic rings. The monoisotopic (exact) mass is 373 g/mol. The zero-order valence-corrected chi connectivity index (χ0v) is 16.5. The first-order chi connectivity index (χ1) is 12.9. The zero-order chi connectivity index (χ0) is 17.5. The second-order valence-electron chi connectivity index (χ2n) is 8.14. The van der Waals surface area contributed by atoms with E-state index in [0.29, 0.717) is 21.1 Å². The van der Waals surface area contributed by atoms with Crippen LogP contribution in [0.25, 0.3) is 0 Å². The van der Waals surface area contributed by atoms with Crippen molar-refractivity contribution in [2.45, 2.75) is 21.1 Å². The fourth-order valence-electron chi connectivity index (χ4n) is 6.60. The van der Waals surface area contributed by atoms with E-state index < -0.39 is 15.3 Å². The van der Waals surface area contributed by atoms with Gasteiger partial charge in [0, 0.05) is 0 Å². The Labute approximate surface area is 157 Å². The molecule has 0 N–H and O–H groups in total. The van der Waals surface area contributed by atoms with E-state index in [9.17, 15) is 0 Å². The number of hydrogen-bond acceptors (Lipinski definition) is 0. The predicted molar refractivity (Wildman–Crippen MR) is 110 cm³/mol. The fourth-order valence-corrected chi connectivity index (χ4v) is 22.2. The molecule has 0 unspecified atom stereocenters. The van der Waals surface area contributed by atoms with Crippen LogP contribution in [0.5, 0.6) is 0 Å². The van der Waals surface area contributed by atoms with Crippen LogP contribution in [0, 0.1) is 0 Å². The molecular weight excluding hydrogens is 348 g/mol. The van der Waals surface area contributed by atoms with Gasteiger partial charge in [-0.1, -0.05) is 0 Å². The van der Waals surface area contributed by atoms with Gasteiger partial charge in [-0.15, -0.1) is 0 Å². The van der Waals surface area contributed by atoms with Gasteiger partial charge >= 0.3 is 158 Å². The van der Waals surface area contributed by atoms with Crippen molar-refractivity contribution in [1.29, 1.82) is 0 Å². The summed E-state index contributed by atoms with van der Waals surface area (Å²) in [6, 6.07) is 0. The van der Waals surface area contributed by atoms with Gasteiger partial charge in [-0.05, 0) is 0 Å². The van der Waals surface area contributed by atoms with Crippen LogP contribution >= 0.6 is 0 Å². The van der Waals surface area contributed by atoms with Gasteiger partial charge in [0.1, 0.15) is 0 Å². The molecule has 0 saturated heterocycles. The molecule has 0 aromatic rings. The molecule has 129 valence electrons. The van der Waals surface area contributed by atoms with Gasteiger partial charge < -0.3 is 0 Å². The predicted octanol–water partition coefficient (Wildman–Crippen LogP) is 7.25. The second kappa shape index (κ2) is 6.08. The van der Waals surface area contributed by atoms with Crippen molar-refractivity contribution < 1.29 is 15.3 Å². The molecule has 0 fully saturated rings. The molecule has 26 heavy (non-hydrogen) atoms. The van der Waals surface area contributed by atoms with Crippen molar-refractivity contribution in [3.8, 4) is 0 Å². The van der Waals surface area contributed by atoms with Crippen LogP contribution in [-0.4, -0.2) is 0 Å². The maximum atomic E-state index is 2.51. The van der Waals surface area contributed by atoms with Gasteiger partial charge in [0.15, 0.2) is 0 Å². The first-order valence-corrected chi connectivity index (χ1v) is 14.3. The second-order valence-corrected chi connectivity index (χ2v) is 18.6. The molecule has 0 saturated carbocycles. The average Bonchev–Trinajstić information content (AvgIpc) is 3.52. The zero-order valence-electron chi connectivity index (χ0n) is 14.9. The third-order valence-electron chi connectivity index (χ3n) is 7.59. The molecular formula is C25H25Ti. The number of rotatable bonds is 5. The van der Waals surface area contributed by atoms with Crippen LogP contribution < -0.4 is 0 Å². The third-order valence-corrected chi connectivity index (χ3v) is 22.6. The molecule has 5 aliphatic carbocycles. The van der Waals surface area contributed by atoms with Crippen molar-refractivity contribution in [3.05, 3.63) is 122 Å². The topological polar surface area (TPSA) is 0 Å². The van der Waals surface area contributed by atoms with Gasteiger partial charge in [0.05, 0.1) is 0 Å². The molecule has 0 atom stereocenters. The SMILES string of the molecule is C1=C[CH]([Ti]([CH]2C=CC=C2)([CH]2C=CC=C2)([CH]2C=CC=C2)[CH]2C=CC=C2)C=C1. The summed E-state index contributed by atoms with van der Waals surface area (Å²) in [6.45, 7) is 0. The minimum absolute atomic E-state index is 0.539. The first-order valence-electron chi connectivity index (χ1n) is 9.78. The molecule has 0 nitrogen and oxygen atoms in total. The Morgan fingerprint density at radius 3 is 0.577 bits per heavy atom. The van der Waals surface area contributed by atoms with E-state index in [4.69, 9.17) is 0 Å². The van der Waals surface area contributed by atoms with Crippen molar-refractivity contribution in [3.63, 3.8) is 0 Å². The normalized spacial score (nSPS) is 26.5. The van der Waals surface area contributed by atoms with E-state index in [2.05, 4.69) is 122 Å². The molecule has 0 heterocycles. The van der Waals surface area contributed by atoms with Gasteiger partial charge in [0.25, 0.3) is 0 Å². The fraction of sp³-hybridized carbons (Fsp3) is 0.200. The molecule has 0 aromatic heterocycles. The summed E-state index contributed by atoms with van der Waals surface area (Å²) in [5.74, 6) is 0. The Hall–Kier alpha value is -1.89. The molecule has 0 radical (unpaired) electrons. The molecule has 0 amide bonds. The Kier molecular flexibility index (Phi) is 3.81. The standard InChI is InChI=1S/5C5H5.Ti/c5*1-2-4-5-3-1;/h5*1-5H;. The molecule has 5 rings (SSSR count). The van der Waals surface area contributed by atoms with Gasteiger partial charge in [0.2, 0.25) is 0 Å². The van der Waals surface area contributed by atoms with E-state index in [-0.39, 0.29) is 0 Å². The Bertz CT molecular complexity index is 656. The van der Waals surface area contributed by atoms with E-state index in [1.54, 1.807) is 0 Å². The summed E-state index contributed by atoms with van der Waals surface area (Å²) in [7, 11) is 0. The Balaban J connectivity index is 1.90. The van der Waals surface area contributed by atoms with Crippen molar-refractivity contribution in [2.24, 2.45) is 0 Å². The Morgan fingerprint density at radius 2 is 0.423 bits per heavy atom. The average molecular weight is 373 g/mol. The van der Waals surface area contributed by atoms with Gasteiger partial charge in [-0.2, -0.15) is 0 Å². The summed E-state index contributed by atoms with van der Waals surface area (Å²) in [6.07, 6.45) is 47.9. The van der Waals surface area contributed by atoms with Gasteiger partial charge in [-0.25, -0.2) is 0 Å². The van der Waals surface area contributed by atoms with E-state index in [1.807, 2.05) is 0 Å². The van der Waals surface area contributed by atoms with Crippen molar-refractivity contribution in [1.82, 2.24) is 0 Å². The molecule has 0 spiro atoms. The van der Waals surface area contributed by atoms with E-state index in [1.165, 1.54) is 0 Å². The summed E-state index contributed by atoms with van der Waals surface area (Å²) in [5.41, 5.74) is 0. The minimum atomic E-state index is -3.54. The summed E-state index contributed by atoms with van der Waals surface area (Å²) >= 11 is -3.54. The van der Waals surface area contributed by atoms with E-state index >= 15 is 0 Å². The van der Waals surface area contributed by atoms with Crippen LogP contribution in [0.4, 0.5) is 0 Å². The quantitative estimate of drug-likeness (QED) is 0.445. The van der Waals surface area contributed by atoms with Crippen LogP contribution in [-0.2, 0) is 15.3 Å². The molecule has 0 aliphatic heterocycles. The van der Waals surface area contributed by atoms with Gasteiger partial charge in [-0.3, -0.25) is 0 Å². The molecule has 0 aromatic carbocycles. The Morgan fingerprint density at radius 1 is 0.269 bits per heavy atom. The van der Waals surface area contributed by atoms with Crippen molar-refractivity contribution in [2.75, 3.05) is 0 Å². The maximum absolute atomic E-state index is 3.54. The van der Waals surface area contributed by atoms with Crippen LogP contribution in [0.3, 0.4) is 0 Å². The van der Waals surface area contributed by atoms with Crippen LogP contribution in [0.2, 0.25) is 21.1 Å². The summed E-state index contributed by atoms with van der Waals surface area (Å²) in [5, 5.41) is 0. The third kappa shape index (κ3) is 1.84. The number of allylic oxidation sites excluding steroid dienone is 20. The summed E-state index contributed by atoms with van der Waals surface area (Å²) < 4.78 is 2.69. The van der Waals surface area contributed by atoms with E-state index in [0.717, 1.165) is 0 Å². The molecule has 0 bridgehead atoms.